The molecule has 3 nitrogen and oxygen atoms in total. The molecule has 0 bridgehead atoms. The van der Waals surface area contributed by atoms with E-state index in [1.807, 2.05) is 6.92 Å². The number of aryl methyl sites for hydroxylation is 1. The number of amides is 2. The summed E-state index contributed by atoms with van der Waals surface area (Å²) in [5.74, 6) is 0. The molecule has 2 N–H and O–H groups in total. The standard InChI is InChI=1S/C10H12N2O/c1-7-2-3-8-5-12(10(11)13)6-9(8)4-7/h2-4H,5-6H2,1H3,(H2,11,13). The largest absolute Gasteiger partial charge is 0.351 e. The van der Waals surface area contributed by atoms with Crippen molar-refractivity contribution >= 4 is 6.03 Å². The molecule has 13 heavy (non-hydrogen) atoms. The maximum atomic E-state index is 10.9. The molecule has 1 aliphatic heterocycles. The van der Waals surface area contributed by atoms with Crippen molar-refractivity contribution in [3.63, 3.8) is 0 Å². The maximum absolute atomic E-state index is 10.9. The summed E-state index contributed by atoms with van der Waals surface area (Å²) >= 11 is 0. The van der Waals surface area contributed by atoms with Crippen LogP contribution in [0.4, 0.5) is 4.79 Å². The van der Waals surface area contributed by atoms with Crippen LogP contribution in [0.5, 0.6) is 0 Å². The first-order valence-electron chi connectivity index (χ1n) is 4.29. The fraction of sp³-hybridized carbons (Fsp3) is 0.300. The molecule has 0 radical (unpaired) electrons. The molecule has 0 spiro atoms. The van der Waals surface area contributed by atoms with Crippen LogP contribution < -0.4 is 5.73 Å². The van der Waals surface area contributed by atoms with Crippen LogP contribution in [0, 0.1) is 6.92 Å². The third-order valence-electron chi connectivity index (χ3n) is 2.40. The van der Waals surface area contributed by atoms with E-state index in [1.54, 1.807) is 4.90 Å². The highest BCUT2D eigenvalue weighted by atomic mass is 16.2. The smallest absolute Gasteiger partial charge is 0.315 e. The van der Waals surface area contributed by atoms with Gasteiger partial charge in [0.25, 0.3) is 0 Å². The molecule has 2 rings (SSSR count). The highest BCUT2D eigenvalue weighted by Crippen LogP contribution is 2.22. The number of hydrogen-bond acceptors (Lipinski definition) is 1. The van der Waals surface area contributed by atoms with Crippen LogP contribution in [0.25, 0.3) is 0 Å². The molecule has 0 saturated carbocycles. The Morgan fingerprint density at radius 2 is 2.08 bits per heavy atom. The highest BCUT2D eigenvalue weighted by Gasteiger charge is 2.20. The Morgan fingerprint density at radius 1 is 1.38 bits per heavy atom. The van der Waals surface area contributed by atoms with Crippen molar-refractivity contribution < 1.29 is 4.79 Å². The van der Waals surface area contributed by atoms with Gasteiger partial charge in [-0.3, -0.25) is 0 Å². The molecule has 0 atom stereocenters. The summed E-state index contributed by atoms with van der Waals surface area (Å²) in [6.45, 7) is 3.37. The lowest BCUT2D eigenvalue weighted by molar-refractivity contribution is 0.208. The van der Waals surface area contributed by atoms with Crippen molar-refractivity contribution in [2.75, 3.05) is 0 Å². The van der Waals surface area contributed by atoms with Gasteiger partial charge in [0, 0.05) is 13.1 Å². The number of carbonyl (C=O) groups is 1. The van der Waals surface area contributed by atoms with Gasteiger partial charge in [-0.2, -0.15) is 0 Å². The summed E-state index contributed by atoms with van der Waals surface area (Å²) in [7, 11) is 0. The number of primary amides is 1. The summed E-state index contributed by atoms with van der Waals surface area (Å²) in [4.78, 5) is 12.5. The summed E-state index contributed by atoms with van der Waals surface area (Å²) in [6.07, 6.45) is 0. The fourth-order valence-electron chi connectivity index (χ4n) is 1.68. The van der Waals surface area contributed by atoms with Gasteiger partial charge in [0.15, 0.2) is 0 Å². The molecule has 0 aromatic heterocycles. The molecule has 0 fully saturated rings. The van der Waals surface area contributed by atoms with Crippen LogP contribution in [0.3, 0.4) is 0 Å². The molecule has 2 amide bonds. The lowest BCUT2D eigenvalue weighted by atomic mass is 10.1. The fourth-order valence-corrected chi connectivity index (χ4v) is 1.68. The van der Waals surface area contributed by atoms with Crippen molar-refractivity contribution in [3.8, 4) is 0 Å². The summed E-state index contributed by atoms with van der Waals surface area (Å²) in [6, 6.07) is 5.89. The molecule has 0 aliphatic carbocycles. The second-order valence-electron chi connectivity index (χ2n) is 3.47. The third kappa shape index (κ3) is 1.37. The zero-order valence-electron chi connectivity index (χ0n) is 7.58. The first kappa shape index (κ1) is 8.10. The number of fused-ring (bicyclic) bond motifs is 1. The van der Waals surface area contributed by atoms with Gasteiger partial charge in [-0.1, -0.05) is 23.8 Å². The van der Waals surface area contributed by atoms with Crippen LogP contribution in [-0.2, 0) is 13.1 Å². The molecule has 3 heteroatoms. The van der Waals surface area contributed by atoms with Gasteiger partial charge in [-0.05, 0) is 18.1 Å². The Kier molecular flexibility index (Phi) is 1.72. The van der Waals surface area contributed by atoms with Gasteiger partial charge >= 0.3 is 6.03 Å². The van der Waals surface area contributed by atoms with Crippen LogP contribution in [0.2, 0.25) is 0 Å². The minimum absolute atomic E-state index is 0.339. The second-order valence-corrected chi connectivity index (χ2v) is 3.47. The Hall–Kier alpha value is -1.51. The summed E-state index contributed by atoms with van der Waals surface area (Å²) in [5, 5.41) is 0. The Bertz CT molecular complexity index is 360. The molecular formula is C10H12N2O. The van der Waals surface area contributed by atoms with Crippen LogP contribution in [-0.4, -0.2) is 10.9 Å². The van der Waals surface area contributed by atoms with Crippen molar-refractivity contribution in [2.45, 2.75) is 20.0 Å². The van der Waals surface area contributed by atoms with E-state index in [9.17, 15) is 4.79 Å². The quantitative estimate of drug-likeness (QED) is 0.638. The lowest BCUT2D eigenvalue weighted by Crippen LogP contribution is -2.30. The normalized spacial score (nSPS) is 14.4. The van der Waals surface area contributed by atoms with Gasteiger partial charge in [0.2, 0.25) is 0 Å². The molecular weight excluding hydrogens is 164 g/mol. The monoisotopic (exact) mass is 176 g/mol. The molecule has 1 aromatic rings. The molecule has 1 heterocycles. The van der Waals surface area contributed by atoms with E-state index in [0.717, 1.165) is 0 Å². The molecule has 1 aliphatic rings. The number of benzene rings is 1. The number of carbonyl (C=O) groups excluding carboxylic acids is 1. The maximum Gasteiger partial charge on any atom is 0.315 e. The summed E-state index contributed by atoms with van der Waals surface area (Å²) in [5.41, 5.74) is 8.86. The van der Waals surface area contributed by atoms with E-state index < -0.39 is 0 Å². The first-order valence-corrected chi connectivity index (χ1v) is 4.29. The van der Waals surface area contributed by atoms with E-state index in [0.29, 0.717) is 13.1 Å². The van der Waals surface area contributed by atoms with Crippen LogP contribution >= 0.6 is 0 Å². The zero-order valence-corrected chi connectivity index (χ0v) is 7.58. The van der Waals surface area contributed by atoms with Gasteiger partial charge in [0.1, 0.15) is 0 Å². The van der Waals surface area contributed by atoms with Crippen LogP contribution in [0.15, 0.2) is 18.2 Å². The minimum Gasteiger partial charge on any atom is -0.351 e. The number of urea groups is 1. The van der Waals surface area contributed by atoms with Gasteiger partial charge < -0.3 is 10.6 Å². The molecule has 68 valence electrons. The average Bonchev–Trinajstić information content (AvgIpc) is 2.46. The Morgan fingerprint density at radius 3 is 2.77 bits per heavy atom. The average molecular weight is 176 g/mol. The van der Waals surface area contributed by atoms with E-state index in [1.165, 1.54) is 16.7 Å². The Labute approximate surface area is 77.1 Å². The number of nitrogens with two attached hydrogens (primary N) is 1. The number of rotatable bonds is 0. The van der Waals surface area contributed by atoms with Gasteiger partial charge in [-0.25, -0.2) is 4.79 Å². The first-order chi connectivity index (χ1) is 6.16. The highest BCUT2D eigenvalue weighted by molar-refractivity contribution is 5.73. The molecule has 1 aromatic carbocycles. The van der Waals surface area contributed by atoms with E-state index in [2.05, 4.69) is 18.2 Å². The van der Waals surface area contributed by atoms with Crippen LogP contribution in [0.1, 0.15) is 16.7 Å². The predicted octanol–water partition coefficient (Wildman–Crippen LogP) is 1.39. The number of hydrogen-bond donors (Lipinski definition) is 1. The minimum atomic E-state index is -0.339. The van der Waals surface area contributed by atoms with Gasteiger partial charge in [0.05, 0.1) is 0 Å². The van der Waals surface area contributed by atoms with Crippen molar-refractivity contribution in [3.05, 3.63) is 34.9 Å². The SMILES string of the molecule is Cc1ccc2c(c1)CN(C(N)=O)C2. The lowest BCUT2D eigenvalue weighted by Gasteiger charge is -2.10. The van der Waals surface area contributed by atoms with E-state index in [4.69, 9.17) is 5.73 Å². The third-order valence-corrected chi connectivity index (χ3v) is 2.40. The second kappa shape index (κ2) is 2.76. The summed E-state index contributed by atoms with van der Waals surface area (Å²) < 4.78 is 0. The van der Waals surface area contributed by atoms with Crippen molar-refractivity contribution in [1.29, 1.82) is 0 Å². The predicted molar refractivity (Wildman–Crippen MR) is 50.0 cm³/mol. The van der Waals surface area contributed by atoms with Gasteiger partial charge in [-0.15, -0.1) is 0 Å². The topological polar surface area (TPSA) is 46.3 Å². The molecule has 0 saturated heterocycles. The van der Waals surface area contributed by atoms with Crippen molar-refractivity contribution in [2.24, 2.45) is 5.73 Å². The van der Waals surface area contributed by atoms with E-state index >= 15 is 0 Å². The number of nitrogens with zero attached hydrogens (tertiary/aromatic N) is 1. The van der Waals surface area contributed by atoms with E-state index in [-0.39, 0.29) is 6.03 Å². The Balaban J connectivity index is 2.30. The molecule has 0 unspecified atom stereocenters. The zero-order chi connectivity index (χ0) is 9.42. The van der Waals surface area contributed by atoms with Crippen molar-refractivity contribution in [1.82, 2.24) is 4.90 Å².